The standard InChI is InChI=1S/C15H20F2N2S/c1-4-7-19-15(3,10-18)9-11(2)20-14-6-5-12(16)8-13(14)17/h5-6,8,11,19H,4,7,9H2,1-3H3. The minimum Gasteiger partial charge on any atom is -0.300 e. The van der Waals surface area contributed by atoms with E-state index in [1.54, 1.807) is 0 Å². The normalized spacial score (nSPS) is 15.4. The Bertz CT molecular complexity index is 487. The van der Waals surface area contributed by atoms with E-state index in [1.165, 1.54) is 23.9 Å². The number of hydrogen-bond acceptors (Lipinski definition) is 3. The highest BCUT2D eigenvalue weighted by Gasteiger charge is 2.26. The molecule has 2 unspecified atom stereocenters. The van der Waals surface area contributed by atoms with Gasteiger partial charge in [0.25, 0.3) is 0 Å². The van der Waals surface area contributed by atoms with Gasteiger partial charge in [-0.15, -0.1) is 11.8 Å². The summed E-state index contributed by atoms with van der Waals surface area (Å²) < 4.78 is 26.4. The van der Waals surface area contributed by atoms with Crippen molar-refractivity contribution in [2.45, 2.75) is 49.3 Å². The zero-order chi connectivity index (χ0) is 15.2. The van der Waals surface area contributed by atoms with Crippen LogP contribution in [0, 0.1) is 23.0 Å². The molecule has 0 aliphatic rings. The van der Waals surface area contributed by atoms with Gasteiger partial charge in [0.2, 0.25) is 0 Å². The molecule has 0 aromatic heterocycles. The van der Waals surface area contributed by atoms with Crippen molar-refractivity contribution in [3.05, 3.63) is 29.8 Å². The van der Waals surface area contributed by atoms with Crippen molar-refractivity contribution in [2.24, 2.45) is 0 Å². The van der Waals surface area contributed by atoms with E-state index in [1.807, 2.05) is 20.8 Å². The van der Waals surface area contributed by atoms with E-state index < -0.39 is 17.2 Å². The number of nitrogens with zero attached hydrogens (tertiary/aromatic N) is 1. The maximum Gasteiger partial charge on any atom is 0.139 e. The molecule has 5 heteroatoms. The van der Waals surface area contributed by atoms with Crippen LogP contribution in [0.4, 0.5) is 8.78 Å². The number of rotatable bonds is 7. The topological polar surface area (TPSA) is 35.8 Å². The molecule has 1 N–H and O–H groups in total. The number of halogens is 2. The van der Waals surface area contributed by atoms with Crippen molar-refractivity contribution in [2.75, 3.05) is 6.54 Å². The van der Waals surface area contributed by atoms with Crippen molar-refractivity contribution in [1.29, 1.82) is 5.26 Å². The van der Waals surface area contributed by atoms with Gasteiger partial charge < -0.3 is 0 Å². The summed E-state index contributed by atoms with van der Waals surface area (Å²) in [5.74, 6) is -1.13. The Morgan fingerprint density at radius 1 is 1.45 bits per heavy atom. The highest BCUT2D eigenvalue weighted by molar-refractivity contribution is 8.00. The Labute approximate surface area is 123 Å². The minimum absolute atomic E-state index is 0.0453. The van der Waals surface area contributed by atoms with Crippen LogP contribution in [-0.2, 0) is 0 Å². The summed E-state index contributed by atoms with van der Waals surface area (Å²) in [6, 6.07) is 5.84. The molecule has 110 valence electrons. The van der Waals surface area contributed by atoms with Crippen LogP contribution in [0.25, 0.3) is 0 Å². The third kappa shape index (κ3) is 5.10. The molecule has 20 heavy (non-hydrogen) atoms. The monoisotopic (exact) mass is 298 g/mol. The SMILES string of the molecule is CCCNC(C)(C#N)CC(C)Sc1ccc(F)cc1F. The molecular formula is C15H20F2N2S. The van der Waals surface area contributed by atoms with Crippen molar-refractivity contribution in [1.82, 2.24) is 5.32 Å². The third-order valence-corrected chi connectivity index (χ3v) is 4.08. The van der Waals surface area contributed by atoms with Crippen LogP contribution in [0.2, 0.25) is 0 Å². The highest BCUT2D eigenvalue weighted by Crippen LogP contribution is 2.30. The van der Waals surface area contributed by atoms with Gasteiger partial charge in [-0.1, -0.05) is 13.8 Å². The maximum absolute atomic E-state index is 13.6. The zero-order valence-electron chi connectivity index (χ0n) is 12.0. The molecule has 1 aromatic carbocycles. The molecule has 0 heterocycles. The summed E-state index contributed by atoms with van der Waals surface area (Å²) >= 11 is 1.32. The Morgan fingerprint density at radius 2 is 2.15 bits per heavy atom. The molecule has 0 amide bonds. The van der Waals surface area contributed by atoms with Gasteiger partial charge in [0.15, 0.2) is 0 Å². The van der Waals surface area contributed by atoms with Crippen LogP contribution in [0.5, 0.6) is 0 Å². The Kier molecular flexibility index (Phi) is 6.44. The van der Waals surface area contributed by atoms with Crippen LogP contribution >= 0.6 is 11.8 Å². The van der Waals surface area contributed by atoms with E-state index in [9.17, 15) is 14.0 Å². The van der Waals surface area contributed by atoms with E-state index in [2.05, 4.69) is 11.4 Å². The summed E-state index contributed by atoms with van der Waals surface area (Å²) in [6.07, 6.45) is 1.54. The quantitative estimate of drug-likeness (QED) is 0.769. The molecule has 0 saturated heterocycles. The lowest BCUT2D eigenvalue weighted by Crippen LogP contribution is -2.43. The first-order valence-electron chi connectivity index (χ1n) is 6.68. The van der Waals surface area contributed by atoms with Gasteiger partial charge in [0.05, 0.1) is 6.07 Å². The summed E-state index contributed by atoms with van der Waals surface area (Å²) in [5.41, 5.74) is -0.626. The molecule has 0 aliphatic heterocycles. The first-order chi connectivity index (χ1) is 9.40. The van der Waals surface area contributed by atoms with E-state index in [0.29, 0.717) is 11.3 Å². The molecule has 0 aliphatic carbocycles. The average Bonchev–Trinajstić information content (AvgIpc) is 2.40. The van der Waals surface area contributed by atoms with Crippen molar-refractivity contribution in [3.8, 4) is 6.07 Å². The van der Waals surface area contributed by atoms with Crippen LogP contribution in [0.15, 0.2) is 23.1 Å². The van der Waals surface area contributed by atoms with Gasteiger partial charge in [-0.2, -0.15) is 5.26 Å². The van der Waals surface area contributed by atoms with E-state index in [-0.39, 0.29) is 5.25 Å². The highest BCUT2D eigenvalue weighted by atomic mass is 32.2. The first-order valence-corrected chi connectivity index (χ1v) is 7.56. The Hall–Kier alpha value is -1.12. The van der Waals surface area contributed by atoms with Crippen LogP contribution in [0.1, 0.15) is 33.6 Å². The molecule has 0 saturated carbocycles. The summed E-state index contributed by atoms with van der Waals surface area (Å²) in [6.45, 7) is 6.60. The summed E-state index contributed by atoms with van der Waals surface area (Å²) in [4.78, 5) is 0.412. The van der Waals surface area contributed by atoms with Crippen molar-refractivity contribution >= 4 is 11.8 Å². The lowest BCUT2D eigenvalue weighted by Gasteiger charge is -2.26. The lowest BCUT2D eigenvalue weighted by molar-refractivity contribution is 0.418. The third-order valence-electron chi connectivity index (χ3n) is 2.93. The number of nitrogens with one attached hydrogen (secondary N) is 1. The fourth-order valence-electron chi connectivity index (χ4n) is 1.96. The lowest BCUT2D eigenvalue weighted by atomic mass is 9.98. The second kappa shape index (κ2) is 7.61. The first kappa shape index (κ1) is 16.9. The molecule has 2 nitrogen and oxygen atoms in total. The average molecular weight is 298 g/mol. The molecular weight excluding hydrogens is 278 g/mol. The predicted octanol–water partition coefficient (Wildman–Crippen LogP) is 4.12. The Balaban J connectivity index is 2.66. The van der Waals surface area contributed by atoms with Crippen molar-refractivity contribution in [3.63, 3.8) is 0 Å². The Morgan fingerprint density at radius 3 is 2.70 bits per heavy atom. The fraction of sp³-hybridized carbons (Fsp3) is 0.533. The summed E-state index contributed by atoms with van der Waals surface area (Å²) in [7, 11) is 0. The molecule has 0 fully saturated rings. The molecule has 1 aromatic rings. The van der Waals surface area contributed by atoms with Gasteiger partial charge in [-0.25, -0.2) is 8.78 Å². The zero-order valence-corrected chi connectivity index (χ0v) is 12.9. The van der Waals surface area contributed by atoms with E-state index >= 15 is 0 Å². The minimum atomic E-state index is -0.626. The smallest absolute Gasteiger partial charge is 0.139 e. The fourth-order valence-corrected chi connectivity index (χ4v) is 3.13. The second-order valence-electron chi connectivity index (χ2n) is 5.08. The molecule has 2 atom stereocenters. The van der Waals surface area contributed by atoms with Gasteiger partial charge in [-0.05, 0) is 38.4 Å². The summed E-state index contributed by atoms with van der Waals surface area (Å²) in [5, 5.41) is 12.5. The molecule has 0 radical (unpaired) electrons. The number of benzene rings is 1. The molecule has 0 bridgehead atoms. The van der Waals surface area contributed by atoms with E-state index in [4.69, 9.17) is 0 Å². The number of nitriles is 1. The largest absolute Gasteiger partial charge is 0.300 e. The van der Waals surface area contributed by atoms with Gasteiger partial charge in [0, 0.05) is 16.2 Å². The van der Waals surface area contributed by atoms with E-state index in [0.717, 1.165) is 19.0 Å². The van der Waals surface area contributed by atoms with Crippen LogP contribution in [-0.4, -0.2) is 17.3 Å². The predicted molar refractivity (Wildman–Crippen MR) is 78.6 cm³/mol. The van der Waals surface area contributed by atoms with Crippen LogP contribution < -0.4 is 5.32 Å². The van der Waals surface area contributed by atoms with Gasteiger partial charge >= 0.3 is 0 Å². The second-order valence-corrected chi connectivity index (χ2v) is 6.56. The van der Waals surface area contributed by atoms with Crippen molar-refractivity contribution < 1.29 is 8.78 Å². The number of thioether (sulfide) groups is 1. The van der Waals surface area contributed by atoms with Gasteiger partial charge in [-0.3, -0.25) is 5.32 Å². The molecule has 0 spiro atoms. The van der Waals surface area contributed by atoms with Crippen LogP contribution in [0.3, 0.4) is 0 Å². The number of hydrogen-bond donors (Lipinski definition) is 1. The maximum atomic E-state index is 13.6. The molecule has 1 rings (SSSR count). The van der Waals surface area contributed by atoms with Gasteiger partial charge in [0.1, 0.15) is 17.2 Å².